The summed E-state index contributed by atoms with van der Waals surface area (Å²) in [6.45, 7) is 2.56. The van der Waals surface area contributed by atoms with Crippen LogP contribution >= 0.6 is 22.9 Å². The molecule has 1 fully saturated rings. The van der Waals surface area contributed by atoms with E-state index in [0.29, 0.717) is 19.6 Å². The van der Waals surface area contributed by atoms with Gasteiger partial charge in [-0.3, -0.25) is 4.90 Å². The SMILES string of the molecule is CN1CCN(C(=O)NCCCCc2ccc(Cl)s2)C[C@@H]1C#N. The van der Waals surface area contributed by atoms with Gasteiger partial charge in [0.05, 0.1) is 17.0 Å². The van der Waals surface area contributed by atoms with Crippen LogP contribution in [0.15, 0.2) is 12.1 Å². The number of amides is 2. The summed E-state index contributed by atoms with van der Waals surface area (Å²) in [5, 5.41) is 12.0. The van der Waals surface area contributed by atoms with Gasteiger partial charge in [-0.2, -0.15) is 5.26 Å². The van der Waals surface area contributed by atoms with Crippen LogP contribution in [0, 0.1) is 11.3 Å². The number of rotatable bonds is 5. The highest BCUT2D eigenvalue weighted by Crippen LogP contribution is 2.22. The molecule has 7 heteroatoms. The van der Waals surface area contributed by atoms with Crippen LogP contribution < -0.4 is 5.32 Å². The molecular formula is C15H21ClN4OS. The molecule has 1 aliphatic rings. The molecule has 1 saturated heterocycles. The molecule has 0 bridgehead atoms. The average Bonchev–Trinajstić information content (AvgIpc) is 2.92. The predicted octanol–water partition coefficient (Wildman–Crippen LogP) is 2.57. The Labute approximate surface area is 140 Å². The topological polar surface area (TPSA) is 59.4 Å². The van der Waals surface area contributed by atoms with Crippen LogP contribution in [-0.4, -0.2) is 55.1 Å². The lowest BCUT2D eigenvalue weighted by atomic mass is 10.2. The van der Waals surface area contributed by atoms with Gasteiger partial charge < -0.3 is 10.2 Å². The first-order valence-corrected chi connectivity index (χ1v) is 8.66. The molecular weight excluding hydrogens is 320 g/mol. The van der Waals surface area contributed by atoms with Gasteiger partial charge in [-0.15, -0.1) is 11.3 Å². The lowest BCUT2D eigenvalue weighted by Crippen LogP contribution is -2.55. The number of aryl methyl sites for hydroxylation is 1. The maximum absolute atomic E-state index is 12.1. The summed E-state index contributed by atoms with van der Waals surface area (Å²) in [7, 11) is 1.92. The molecule has 1 atom stereocenters. The molecule has 2 heterocycles. The monoisotopic (exact) mass is 340 g/mol. The zero-order valence-corrected chi connectivity index (χ0v) is 14.3. The maximum Gasteiger partial charge on any atom is 0.317 e. The zero-order valence-electron chi connectivity index (χ0n) is 12.7. The third kappa shape index (κ3) is 4.87. The summed E-state index contributed by atoms with van der Waals surface area (Å²) < 4.78 is 0.824. The predicted molar refractivity (Wildman–Crippen MR) is 89.3 cm³/mol. The lowest BCUT2D eigenvalue weighted by Gasteiger charge is -2.35. The van der Waals surface area contributed by atoms with E-state index < -0.39 is 0 Å². The van der Waals surface area contributed by atoms with E-state index in [9.17, 15) is 4.79 Å². The van der Waals surface area contributed by atoms with Crippen molar-refractivity contribution in [1.82, 2.24) is 15.1 Å². The van der Waals surface area contributed by atoms with Crippen molar-refractivity contribution in [1.29, 1.82) is 5.26 Å². The Hall–Kier alpha value is -1.29. The highest BCUT2D eigenvalue weighted by Gasteiger charge is 2.26. The van der Waals surface area contributed by atoms with E-state index in [1.54, 1.807) is 16.2 Å². The highest BCUT2D eigenvalue weighted by atomic mass is 35.5. The smallest absolute Gasteiger partial charge is 0.317 e. The van der Waals surface area contributed by atoms with E-state index in [4.69, 9.17) is 16.9 Å². The number of unbranched alkanes of at least 4 members (excludes halogenated alkanes) is 1. The van der Waals surface area contributed by atoms with E-state index >= 15 is 0 Å². The van der Waals surface area contributed by atoms with E-state index in [0.717, 1.165) is 30.1 Å². The number of urea groups is 1. The van der Waals surface area contributed by atoms with Crippen LogP contribution in [-0.2, 0) is 6.42 Å². The van der Waals surface area contributed by atoms with Crippen LogP contribution in [0.3, 0.4) is 0 Å². The van der Waals surface area contributed by atoms with Gasteiger partial charge in [-0.05, 0) is 38.4 Å². The number of halogens is 1. The fourth-order valence-corrected chi connectivity index (χ4v) is 3.54. The van der Waals surface area contributed by atoms with Gasteiger partial charge >= 0.3 is 6.03 Å². The van der Waals surface area contributed by atoms with Gasteiger partial charge in [-0.1, -0.05) is 11.6 Å². The fourth-order valence-electron chi connectivity index (χ4n) is 2.42. The molecule has 1 aromatic heterocycles. The van der Waals surface area contributed by atoms with E-state index in [-0.39, 0.29) is 12.1 Å². The molecule has 22 heavy (non-hydrogen) atoms. The molecule has 1 N–H and O–H groups in total. The minimum Gasteiger partial charge on any atom is -0.338 e. The maximum atomic E-state index is 12.1. The Bertz CT molecular complexity index is 542. The molecule has 0 aliphatic carbocycles. The molecule has 120 valence electrons. The molecule has 1 aliphatic heterocycles. The number of thiophene rings is 1. The number of piperazine rings is 1. The molecule has 0 spiro atoms. The van der Waals surface area contributed by atoms with Gasteiger partial charge in [0.2, 0.25) is 0 Å². The molecule has 1 aromatic rings. The second-order valence-electron chi connectivity index (χ2n) is 5.47. The summed E-state index contributed by atoms with van der Waals surface area (Å²) in [4.78, 5) is 17.1. The number of nitriles is 1. The number of carbonyl (C=O) groups excluding carboxylic acids is 1. The zero-order chi connectivity index (χ0) is 15.9. The Balaban J connectivity index is 1.62. The molecule has 2 rings (SSSR count). The van der Waals surface area contributed by atoms with Crippen molar-refractivity contribution < 1.29 is 4.79 Å². The third-order valence-electron chi connectivity index (χ3n) is 3.84. The molecule has 0 radical (unpaired) electrons. The van der Waals surface area contributed by atoms with Crippen molar-refractivity contribution in [3.8, 4) is 6.07 Å². The average molecular weight is 341 g/mol. The Kier molecular flexibility index (Phi) is 6.49. The summed E-state index contributed by atoms with van der Waals surface area (Å²) in [5.74, 6) is 0. The van der Waals surface area contributed by atoms with Crippen molar-refractivity contribution in [2.45, 2.75) is 25.3 Å². The fraction of sp³-hybridized carbons (Fsp3) is 0.600. The number of hydrogen-bond donors (Lipinski definition) is 1. The van der Waals surface area contributed by atoms with E-state index in [1.807, 2.05) is 18.0 Å². The summed E-state index contributed by atoms with van der Waals surface area (Å²) >= 11 is 7.50. The summed E-state index contributed by atoms with van der Waals surface area (Å²) in [5.41, 5.74) is 0. The van der Waals surface area contributed by atoms with Gasteiger partial charge in [0.25, 0.3) is 0 Å². The first-order chi connectivity index (χ1) is 10.6. The van der Waals surface area contributed by atoms with Gasteiger partial charge in [0.15, 0.2) is 0 Å². The van der Waals surface area contributed by atoms with Crippen molar-refractivity contribution >= 4 is 29.0 Å². The Morgan fingerprint density at radius 2 is 2.32 bits per heavy atom. The van der Waals surface area contributed by atoms with Crippen molar-refractivity contribution in [3.63, 3.8) is 0 Å². The number of hydrogen-bond acceptors (Lipinski definition) is 4. The van der Waals surface area contributed by atoms with E-state index in [1.165, 1.54) is 4.88 Å². The Morgan fingerprint density at radius 1 is 1.50 bits per heavy atom. The number of nitrogens with zero attached hydrogens (tertiary/aromatic N) is 3. The van der Waals surface area contributed by atoms with Gasteiger partial charge in [0, 0.05) is 24.5 Å². The third-order valence-corrected chi connectivity index (χ3v) is 5.13. The van der Waals surface area contributed by atoms with Gasteiger partial charge in [-0.25, -0.2) is 4.79 Å². The quantitative estimate of drug-likeness (QED) is 0.838. The van der Waals surface area contributed by atoms with Crippen LogP contribution in [0.5, 0.6) is 0 Å². The molecule has 0 aromatic carbocycles. The van der Waals surface area contributed by atoms with Crippen LogP contribution in [0.4, 0.5) is 4.79 Å². The normalized spacial score (nSPS) is 19.0. The number of carbonyl (C=O) groups is 1. The van der Waals surface area contributed by atoms with Crippen molar-refractivity contribution in [2.24, 2.45) is 0 Å². The second kappa shape index (κ2) is 8.37. The summed E-state index contributed by atoms with van der Waals surface area (Å²) in [6.07, 6.45) is 2.97. The van der Waals surface area contributed by atoms with E-state index in [2.05, 4.69) is 17.5 Å². The largest absolute Gasteiger partial charge is 0.338 e. The standard InChI is InChI=1S/C15H21ClN4OS/c1-19-8-9-20(11-12(19)10-17)15(21)18-7-3-2-4-13-5-6-14(16)22-13/h5-6,12H,2-4,7-9,11H2,1H3,(H,18,21)/t12-/m0/s1. The second-order valence-corrected chi connectivity index (χ2v) is 7.27. The molecule has 0 unspecified atom stereocenters. The van der Waals surface area contributed by atoms with Crippen LogP contribution in [0.25, 0.3) is 0 Å². The lowest BCUT2D eigenvalue weighted by molar-refractivity contribution is 0.132. The Morgan fingerprint density at radius 3 is 3.00 bits per heavy atom. The summed E-state index contributed by atoms with van der Waals surface area (Å²) in [6, 6.07) is 5.93. The van der Waals surface area contributed by atoms with Crippen molar-refractivity contribution in [3.05, 3.63) is 21.3 Å². The first kappa shape index (κ1) is 17.1. The van der Waals surface area contributed by atoms with Crippen molar-refractivity contribution in [2.75, 3.05) is 33.2 Å². The molecule has 5 nitrogen and oxygen atoms in total. The minimum absolute atomic E-state index is 0.0625. The first-order valence-electron chi connectivity index (χ1n) is 7.47. The molecule has 0 saturated carbocycles. The molecule has 2 amide bonds. The minimum atomic E-state index is -0.205. The number of nitrogens with one attached hydrogen (secondary N) is 1. The number of likely N-dealkylation sites (N-methyl/N-ethyl adjacent to an activating group) is 1. The van der Waals surface area contributed by atoms with Crippen LogP contribution in [0.2, 0.25) is 4.34 Å². The van der Waals surface area contributed by atoms with Gasteiger partial charge in [0.1, 0.15) is 6.04 Å². The van der Waals surface area contributed by atoms with Crippen LogP contribution in [0.1, 0.15) is 17.7 Å². The highest BCUT2D eigenvalue weighted by molar-refractivity contribution is 7.16.